The zero-order valence-electron chi connectivity index (χ0n) is 9.25. The number of phenols is 4. The smallest absolute Gasteiger partial charge is 0.134 e. The summed E-state index contributed by atoms with van der Waals surface area (Å²) in [6, 6.07) is 8.10. The maximum absolute atomic E-state index is 9.52. The molecule has 2 aromatic carbocycles. The molecule has 0 aromatic heterocycles. The molecule has 0 aliphatic rings. The van der Waals surface area contributed by atoms with Gasteiger partial charge in [-0.25, -0.2) is 0 Å². The van der Waals surface area contributed by atoms with E-state index >= 15 is 0 Å². The normalized spacial score (nSPS) is 9.56. The van der Waals surface area contributed by atoms with Crippen molar-refractivity contribution in [2.75, 3.05) is 0 Å². The molecule has 0 amide bonds. The highest BCUT2D eigenvalue weighted by Gasteiger charge is 2.01. The molecule has 0 spiro atoms. The Morgan fingerprint density at radius 1 is 0.611 bits per heavy atom. The molecule has 0 unspecified atom stereocenters. The van der Waals surface area contributed by atoms with Gasteiger partial charge in [0.25, 0.3) is 0 Å². The van der Waals surface area contributed by atoms with Crippen LogP contribution in [0.2, 0.25) is 0 Å². The lowest BCUT2D eigenvalue weighted by Gasteiger charge is -1.98. The molecule has 0 bridgehead atoms. The predicted octanol–water partition coefficient (Wildman–Crippen LogP) is 1.91. The van der Waals surface area contributed by atoms with Gasteiger partial charge in [0.2, 0.25) is 0 Å². The van der Waals surface area contributed by atoms with Gasteiger partial charge in [-0.1, -0.05) is 11.8 Å². The van der Waals surface area contributed by atoms with Crippen molar-refractivity contribution >= 4 is 0 Å². The minimum Gasteiger partial charge on any atom is -0.508 e. The summed E-state index contributed by atoms with van der Waals surface area (Å²) >= 11 is 0. The van der Waals surface area contributed by atoms with Crippen molar-refractivity contribution in [2.24, 2.45) is 0 Å². The van der Waals surface area contributed by atoms with Crippen molar-refractivity contribution in [3.8, 4) is 34.8 Å². The Balaban J connectivity index is 2.37. The fraction of sp³-hybridized carbons (Fsp3) is 0. The summed E-state index contributed by atoms with van der Waals surface area (Å²) in [4.78, 5) is 0. The molecule has 0 atom stereocenters. The maximum Gasteiger partial charge on any atom is 0.134 e. The van der Waals surface area contributed by atoms with Crippen molar-refractivity contribution in [3.05, 3.63) is 47.5 Å². The molecule has 4 heteroatoms. The van der Waals surface area contributed by atoms with E-state index in [1.54, 1.807) is 0 Å². The van der Waals surface area contributed by atoms with Gasteiger partial charge in [-0.15, -0.1) is 0 Å². The Morgan fingerprint density at radius 2 is 1.00 bits per heavy atom. The number of hydrogen-bond acceptors (Lipinski definition) is 4. The molecule has 0 aliphatic carbocycles. The van der Waals surface area contributed by atoms with Gasteiger partial charge >= 0.3 is 0 Å². The molecule has 0 heterocycles. The summed E-state index contributed by atoms with van der Waals surface area (Å²) in [5.41, 5.74) is 0.667. The van der Waals surface area contributed by atoms with Gasteiger partial charge in [0.1, 0.15) is 23.0 Å². The van der Waals surface area contributed by atoms with Crippen LogP contribution in [0.3, 0.4) is 0 Å². The van der Waals surface area contributed by atoms with E-state index in [2.05, 4.69) is 11.8 Å². The molecule has 0 saturated heterocycles. The number of phenolic OH excluding ortho intramolecular Hbond substituents is 4. The first kappa shape index (κ1) is 11.7. The number of rotatable bonds is 0. The van der Waals surface area contributed by atoms with Crippen LogP contribution < -0.4 is 0 Å². The summed E-state index contributed by atoms with van der Waals surface area (Å²) in [5.74, 6) is 4.95. The molecule has 18 heavy (non-hydrogen) atoms. The Morgan fingerprint density at radius 3 is 1.33 bits per heavy atom. The van der Waals surface area contributed by atoms with Crippen LogP contribution in [0.5, 0.6) is 23.0 Å². The quantitative estimate of drug-likeness (QED) is 0.532. The van der Waals surface area contributed by atoms with Gasteiger partial charge in [0.05, 0.1) is 11.1 Å². The average molecular weight is 242 g/mol. The third-order valence-corrected chi connectivity index (χ3v) is 2.29. The first-order valence-electron chi connectivity index (χ1n) is 5.12. The minimum absolute atomic E-state index is 0.0504. The Labute approximate surface area is 103 Å². The van der Waals surface area contributed by atoms with E-state index in [0.717, 1.165) is 0 Å². The summed E-state index contributed by atoms with van der Waals surface area (Å²) in [6.07, 6.45) is 0. The molecule has 0 radical (unpaired) electrons. The highest BCUT2D eigenvalue weighted by atomic mass is 16.3. The van der Waals surface area contributed by atoms with Gasteiger partial charge < -0.3 is 20.4 Å². The molecule has 90 valence electrons. The molecule has 2 aromatic rings. The van der Waals surface area contributed by atoms with Crippen molar-refractivity contribution < 1.29 is 20.4 Å². The molecule has 0 fully saturated rings. The largest absolute Gasteiger partial charge is 0.508 e. The first-order valence-corrected chi connectivity index (χ1v) is 5.12. The van der Waals surface area contributed by atoms with E-state index in [4.69, 9.17) is 10.2 Å². The van der Waals surface area contributed by atoms with E-state index in [-0.39, 0.29) is 23.0 Å². The highest BCUT2D eigenvalue weighted by Crippen LogP contribution is 2.23. The van der Waals surface area contributed by atoms with E-state index in [0.29, 0.717) is 11.1 Å². The summed E-state index contributed by atoms with van der Waals surface area (Å²) < 4.78 is 0. The average Bonchev–Trinajstić information content (AvgIpc) is 2.30. The number of aromatic hydroxyl groups is 4. The second-order valence-corrected chi connectivity index (χ2v) is 3.65. The van der Waals surface area contributed by atoms with Gasteiger partial charge in [-0.05, 0) is 24.3 Å². The van der Waals surface area contributed by atoms with E-state index in [1.165, 1.54) is 36.4 Å². The van der Waals surface area contributed by atoms with Crippen LogP contribution in [-0.2, 0) is 0 Å². The molecule has 0 saturated carbocycles. The molecule has 4 nitrogen and oxygen atoms in total. The molecule has 0 aliphatic heterocycles. The lowest BCUT2D eigenvalue weighted by Crippen LogP contribution is -1.79. The van der Waals surface area contributed by atoms with E-state index in [1.807, 2.05) is 0 Å². The fourth-order valence-corrected chi connectivity index (χ4v) is 1.39. The molecule has 2 rings (SSSR count). The van der Waals surface area contributed by atoms with Gasteiger partial charge in [0.15, 0.2) is 0 Å². The zero-order valence-corrected chi connectivity index (χ0v) is 9.25. The van der Waals surface area contributed by atoms with Crippen molar-refractivity contribution in [3.63, 3.8) is 0 Å². The summed E-state index contributed by atoms with van der Waals surface area (Å²) in [5, 5.41) is 37.3. The van der Waals surface area contributed by atoms with Crippen LogP contribution in [0.15, 0.2) is 36.4 Å². The number of benzene rings is 2. The fourth-order valence-electron chi connectivity index (χ4n) is 1.39. The van der Waals surface area contributed by atoms with Crippen LogP contribution in [-0.4, -0.2) is 20.4 Å². The second-order valence-electron chi connectivity index (χ2n) is 3.65. The van der Waals surface area contributed by atoms with E-state index in [9.17, 15) is 10.2 Å². The van der Waals surface area contributed by atoms with Gasteiger partial charge in [-0.3, -0.25) is 0 Å². The van der Waals surface area contributed by atoms with Crippen LogP contribution in [0.4, 0.5) is 0 Å². The molecular weight excluding hydrogens is 232 g/mol. The van der Waals surface area contributed by atoms with Crippen LogP contribution in [0, 0.1) is 11.8 Å². The lowest BCUT2D eigenvalue weighted by molar-refractivity contribution is 0.448. The first-order chi connectivity index (χ1) is 8.56. The van der Waals surface area contributed by atoms with Crippen LogP contribution in [0.1, 0.15) is 11.1 Å². The Kier molecular flexibility index (Phi) is 2.98. The summed E-state index contributed by atoms with van der Waals surface area (Å²) in [7, 11) is 0. The standard InChI is InChI=1S/C14H10O4/c15-11-5-3-9(13(17)7-11)1-2-10-4-6-12(16)8-14(10)18/h3-8,15-18H. The predicted molar refractivity (Wildman–Crippen MR) is 65.5 cm³/mol. The van der Waals surface area contributed by atoms with Crippen molar-refractivity contribution in [1.29, 1.82) is 0 Å². The lowest BCUT2D eigenvalue weighted by atomic mass is 10.1. The maximum atomic E-state index is 9.52. The van der Waals surface area contributed by atoms with Crippen LogP contribution in [0.25, 0.3) is 0 Å². The van der Waals surface area contributed by atoms with Crippen LogP contribution >= 0.6 is 0 Å². The third-order valence-electron chi connectivity index (χ3n) is 2.29. The zero-order chi connectivity index (χ0) is 13.1. The second kappa shape index (κ2) is 4.60. The minimum atomic E-state index is -0.138. The number of hydrogen-bond donors (Lipinski definition) is 4. The monoisotopic (exact) mass is 242 g/mol. The SMILES string of the molecule is Oc1ccc(C#Cc2ccc(O)cc2O)c(O)c1. The molecular formula is C14H10O4. The van der Waals surface area contributed by atoms with Crippen molar-refractivity contribution in [1.82, 2.24) is 0 Å². The van der Waals surface area contributed by atoms with Gasteiger partial charge in [0, 0.05) is 12.1 Å². The topological polar surface area (TPSA) is 80.9 Å². The molecule has 4 N–H and O–H groups in total. The van der Waals surface area contributed by atoms with Crippen molar-refractivity contribution in [2.45, 2.75) is 0 Å². The van der Waals surface area contributed by atoms with Gasteiger partial charge in [-0.2, -0.15) is 0 Å². The Hall–Kier alpha value is -2.80. The van der Waals surface area contributed by atoms with E-state index < -0.39 is 0 Å². The summed E-state index contributed by atoms with van der Waals surface area (Å²) in [6.45, 7) is 0. The Bertz CT molecular complexity index is 595. The third kappa shape index (κ3) is 2.47. The highest BCUT2D eigenvalue weighted by molar-refractivity contribution is 5.55.